The van der Waals surface area contributed by atoms with Crippen LogP contribution in [0.5, 0.6) is 0 Å². The molecule has 0 bridgehead atoms. The first-order valence-electron chi connectivity index (χ1n) is 11.2. The minimum absolute atomic E-state index is 0.0106. The van der Waals surface area contributed by atoms with Crippen LogP contribution in [0.2, 0.25) is 0 Å². The molecule has 0 saturated carbocycles. The van der Waals surface area contributed by atoms with Crippen LogP contribution in [-0.4, -0.2) is 46.5 Å². The van der Waals surface area contributed by atoms with Gasteiger partial charge >= 0.3 is 5.97 Å². The van der Waals surface area contributed by atoms with Gasteiger partial charge in [0.1, 0.15) is 10.9 Å². The highest BCUT2D eigenvalue weighted by Gasteiger charge is 2.25. The van der Waals surface area contributed by atoms with Gasteiger partial charge in [-0.15, -0.1) is 0 Å². The van der Waals surface area contributed by atoms with Crippen LogP contribution in [0.25, 0.3) is 10.9 Å². The number of hydrogen-bond donors (Lipinski definition) is 3. The smallest absolute Gasteiger partial charge is 0.328 e. The molecule has 0 saturated heterocycles. The summed E-state index contributed by atoms with van der Waals surface area (Å²) in [4.78, 5) is 36.4. The molecule has 0 unspecified atom stereocenters. The first-order chi connectivity index (χ1) is 16.8. The molecule has 0 radical (unpaired) electrons. The lowest BCUT2D eigenvalue weighted by Crippen LogP contribution is -2.49. The van der Waals surface area contributed by atoms with E-state index in [2.05, 4.69) is 5.32 Å². The van der Waals surface area contributed by atoms with Gasteiger partial charge in [0.05, 0.1) is 23.6 Å². The number of amides is 1. The van der Waals surface area contributed by atoms with Gasteiger partial charge in [0.2, 0.25) is 5.91 Å². The van der Waals surface area contributed by atoms with Crippen LogP contribution in [0.4, 0.5) is 5.69 Å². The molecule has 0 fully saturated rings. The molecule has 0 aliphatic rings. The van der Waals surface area contributed by atoms with Crippen molar-refractivity contribution in [2.45, 2.75) is 42.7 Å². The van der Waals surface area contributed by atoms with E-state index in [4.69, 9.17) is 16.2 Å². The summed E-state index contributed by atoms with van der Waals surface area (Å²) < 4.78 is 6.64. The van der Waals surface area contributed by atoms with Gasteiger partial charge in [0.15, 0.2) is 0 Å². The molecule has 0 spiro atoms. The summed E-state index contributed by atoms with van der Waals surface area (Å²) in [6.07, 6.45) is 3.86. The molecule has 1 heterocycles. The number of unbranched alkanes of at least 4 members (excludes halogenated alkanes) is 1. The number of nitro groups is 1. The summed E-state index contributed by atoms with van der Waals surface area (Å²) in [7, 11) is 1.27. The Balaban J connectivity index is 1.79. The minimum atomic E-state index is -0.910. The largest absolute Gasteiger partial charge is 0.467 e. The monoisotopic (exact) mass is 499 g/mol. The van der Waals surface area contributed by atoms with E-state index < -0.39 is 28.9 Å². The van der Waals surface area contributed by atoms with Crippen molar-refractivity contribution in [1.82, 2.24) is 9.29 Å². The van der Waals surface area contributed by atoms with Crippen molar-refractivity contribution in [1.29, 1.82) is 0 Å². The van der Waals surface area contributed by atoms with Crippen molar-refractivity contribution < 1.29 is 19.2 Å². The number of methoxy groups -OCH3 is 1. The average molecular weight is 500 g/mol. The fraction of sp³-hybridized carbons (Fsp3) is 0.333. The van der Waals surface area contributed by atoms with Crippen LogP contribution in [0, 0.1) is 10.1 Å². The Hall–Kier alpha value is -3.41. The molecule has 3 rings (SSSR count). The number of hydrogen-bond acceptors (Lipinski definition) is 8. The zero-order valence-corrected chi connectivity index (χ0v) is 20.2. The average Bonchev–Trinajstić information content (AvgIpc) is 3.20. The van der Waals surface area contributed by atoms with Gasteiger partial charge in [0, 0.05) is 17.6 Å². The normalized spacial score (nSPS) is 12.8. The fourth-order valence-electron chi connectivity index (χ4n) is 3.74. The lowest BCUT2D eigenvalue weighted by molar-refractivity contribution is -0.387. The number of benzene rings is 2. The Bertz CT molecular complexity index is 1200. The van der Waals surface area contributed by atoms with Gasteiger partial charge in [-0.2, -0.15) is 0 Å². The Kier molecular flexibility index (Phi) is 9.24. The van der Waals surface area contributed by atoms with Crippen molar-refractivity contribution in [2.24, 2.45) is 11.5 Å². The summed E-state index contributed by atoms with van der Waals surface area (Å²) in [6, 6.07) is 12.4. The van der Waals surface area contributed by atoms with Gasteiger partial charge in [-0.25, -0.2) is 4.79 Å². The molecule has 11 heteroatoms. The second-order valence-electron chi connectivity index (χ2n) is 7.99. The highest BCUT2D eigenvalue weighted by Crippen LogP contribution is 2.34. The predicted octanol–water partition coefficient (Wildman–Crippen LogP) is 2.76. The molecule has 3 aromatic rings. The predicted molar refractivity (Wildman–Crippen MR) is 135 cm³/mol. The standard InChI is InChI=1S/C24H29N5O5S/c1-34-24(31)19(9-6-7-13-25)27-23(30)18(26)14-16-15-28(20-10-3-2-8-17(16)20)35-22-12-5-4-11-21(22)29(32)33/h2-5,8,10-12,15,18-19H,6-7,9,13-14,25-26H2,1H3,(H,27,30)/t18-,19-/m0/s1. The number of carbonyl (C=O) groups excluding carboxylic acids is 2. The van der Waals surface area contributed by atoms with Crippen LogP contribution in [0.15, 0.2) is 59.6 Å². The third kappa shape index (κ3) is 6.59. The van der Waals surface area contributed by atoms with Crippen LogP contribution < -0.4 is 16.8 Å². The Morgan fingerprint density at radius 2 is 1.89 bits per heavy atom. The van der Waals surface area contributed by atoms with Gasteiger partial charge in [-0.05, 0) is 61.9 Å². The summed E-state index contributed by atoms with van der Waals surface area (Å²) in [6.45, 7) is 0.496. The Morgan fingerprint density at radius 1 is 1.17 bits per heavy atom. The van der Waals surface area contributed by atoms with E-state index in [9.17, 15) is 19.7 Å². The second-order valence-corrected chi connectivity index (χ2v) is 9.01. The topological polar surface area (TPSA) is 156 Å². The molecule has 35 heavy (non-hydrogen) atoms. The van der Waals surface area contributed by atoms with E-state index in [1.807, 2.05) is 34.4 Å². The number of carbonyl (C=O) groups is 2. The second kappa shape index (κ2) is 12.3. The SMILES string of the molecule is COC(=O)[C@H](CCCCN)NC(=O)[C@@H](N)Cc1cn(Sc2ccccc2[N+](=O)[O-])c2ccccc12. The summed E-state index contributed by atoms with van der Waals surface area (Å²) >= 11 is 1.22. The Labute approximate surface area is 207 Å². The lowest BCUT2D eigenvalue weighted by atomic mass is 10.0. The van der Waals surface area contributed by atoms with E-state index in [-0.39, 0.29) is 12.1 Å². The first kappa shape index (κ1) is 26.2. The fourth-order valence-corrected chi connectivity index (χ4v) is 4.76. The van der Waals surface area contributed by atoms with Crippen LogP contribution in [0.1, 0.15) is 24.8 Å². The molecular formula is C24H29N5O5S. The number of nitrogens with zero attached hydrogens (tertiary/aromatic N) is 2. The van der Waals surface area contributed by atoms with Crippen LogP contribution >= 0.6 is 11.9 Å². The maximum atomic E-state index is 12.8. The number of nitro benzene ring substituents is 1. The highest BCUT2D eigenvalue weighted by molar-refractivity contribution is 7.98. The third-order valence-electron chi connectivity index (χ3n) is 5.54. The summed E-state index contributed by atoms with van der Waals surface area (Å²) in [5, 5.41) is 15.0. The third-order valence-corrected chi connectivity index (χ3v) is 6.59. The number of fused-ring (bicyclic) bond motifs is 1. The van der Waals surface area contributed by atoms with Crippen molar-refractivity contribution >= 4 is 40.4 Å². The van der Waals surface area contributed by atoms with E-state index in [1.165, 1.54) is 25.1 Å². The molecule has 0 aliphatic carbocycles. The minimum Gasteiger partial charge on any atom is -0.467 e. The van der Waals surface area contributed by atoms with Crippen molar-refractivity contribution in [3.63, 3.8) is 0 Å². The zero-order chi connectivity index (χ0) is 25.4. The van der Waals surface area contributed by atoms with E-state index in [1.54, 1.807) is 18.2 Å². The zero-order valence-electron chi connectivity index (χ0n) is 19.4. The van der Waals surface area contributed by atoms with Gasteiger partial charge in [-0.1, -0.05) is 30.3 Å². The number of nitrogens with two attached hydrogens (primary N) is 2. The van der Waals surface area contributed by atoms with Gasteiger partial charge in [0.25, 0.3) is 5.69 Å². The number of aromatic nitrogens is 1. The van der Waals surface area contributed by atoms with E-state index in [0.717, 1.165) is 22.9 Å². The summed E-state index contributed by atoms with van der Waals surface area (Å²) in [5.41, 5.74) is 13.4. The van der Waals surface area contributed by atoms with Crippen LogP contribution in [0.3, 0.4) is 0 Å². The maximum Gasteiger partial charge on any atom is 0.328 e. The Morgan fingerprint density at radius 3 is 2.60 bits per heavy atom. The van der Waals surface area contributed by atoms with Crippen molar-refractivity contribution in [3.8, 4) is 0 Å². The molecule has 5 N–H and O–H groups in total. The number of nitrogens with one attached hydrogen (secondary N) is 1. The number of esters is 1. The van der Waals surface area contributed by atoms with Crippen molar-refractivity contribution in [2.75, 3.05) is 13.7 Å². The molecule has 0 aliphatic heterocycles. The quantitative estimate of drug-likeness (QED) is 0.149. The van der Waals surface area contributed by atoms with E-state index >= 15 is 0 Å². The number of rotatable bonds is 12. The molecular weight excluding hydrogens is 470 g/mol. The number of para-hydroxylation sites is 2. The van der Waals surface area contributed by atoms with E-state index in [0.29, 0.717) is 24.3 Å². The van der Waals surface area contributed by atoms with Crippen LogP contribution in [-0.2, 0) is 20.7 Å². The first-order valence-corrected chi connectivity index (χ1v) is 12.0. The molecule has 1 amide bonds. The maximum absolute atomic E-state index is 12.8. The summed E-state index contributed by atoms with van der Waals surface area (Å²) in [5.74, 6) is -0.989. The lowest BCUT2D eigenvalue weighted by Gasteiger charge is -2.19. The van der Waals surface area contributed by atoms with Crippen molar-refractivity contribution in [3.05, 3.63) is 70.4 Å². The van der Waals surface area contributed by atoms with Gasteiger partial charge in [-0.3, -0.25) is 18.9 Å². The molecule has 1 aromatic heterocycles. The molecule has 2 aromatic carbocycles. The van der Waals surface area contributed by atoms with Gasteiger partial charge < -0.3 is 21.5 Å². The molecule has 2 atom stereocenters. The number of ether oxygens (including phenoxy) is 1. The highest BCUT2D eigenvalue weighted by atomic mass is 32.2. The molecule has 186 valence electrons. The molecule has 10 nitrogen and oxygen atoms in total.